The van der Waals surface area contributed by atoms with Gasteiger partial charge in [-0.25, -0.2) is 8.78 Å². The highest BCUT2D eigenvalue weighted by molar-refractivity contribution is 4.75. The first-order chi connectivity index (χ1) is 7.24. The molecule has 1 saturated carbocycles. The molecule has 0 aromatic rings. The average molecular weight is 221 g/mol. The van der Waals surface area contributed by atoms with Crippen LogP contribution in [0.2, 0.25) is 0 Å². The van der Waals surface area contributed by atoms with E-state index in [0.29, 0.717) is 6.54 Å². The van der Waals surface area contributed by atoms with Gasteiger partial charge in [-0.15, -0.1) is 0 Å². The van der Waals surface area contributed by atoms with Crippen molar-refractivity contribution in [3.63, 3.8) is 0 Å². The van der Waals surface area contributed by atoms with Crippen LogP contribution in [0.4, 0.5) is 8.78 Å². The Hall–Kier alpha value is -0.220. The lowest BCUT2D eigenvalue weighted by molar-refractivity contribution is 0.0504. The van der Waals surface area contributed by atoms with Gasteiger partial charge in [-0.05, 0) is 12.8 Å². The molecule has 0 radical (unpaired) electrons. The molecule has 0 amide bonds. The van der Waals surface area contributed by atoms with Gasteiger partial charge in [0.1, 0.15) is 0 Å². The minimum absolute atomic E-state index is 0.0246. The van der Waals surface area contributed by atoms with Gasteiger partial charge in [0, 0.05) is 12.6 Å². The molecule has 0 aromatic heterocycles. The van der Waals surface area contributed by atoms with Crippen molar-refractivity contribution in [2.24, 2.45) is 0 Å². The number of aliphatic hydroxyl groups is 1. The third-order valence-electron chi connectivity index (χ3n) is 3.10. The molecule has 0 spiro atoms. The minimum atomic E-state index is -2.29. The largest absolute Gasteiger partial charge is 0.395 e. The van der Waals surface area contributed by atoms with Crippen molar-refractivity contribution >= 4 is 0 Å². The van der Waals surface area contributed by atoms with E-state index in [1.54, 1.807) is 4.90 Å². The molecule has 0 heterocycles. The molecule has 4 heteroatoms. The predicted octanol–water partition coefficient (Wildman–Crippen LogP) is 2.27. The first kappa shape index (κ1) is 12.8. The normalized spacial score (nSPS) is 19.8. The first-order valence-electron chi connectivity index (χ1n) is 5.87. The summed E-state index contributed by atoms with van der Waals surface area (Å²) in [5, 5.41) is 8.86. The fourth-order valence-corrected chi connectivity index (χ4v) is 2.35. The maximum atomic E-state index is 12.3. The molecule has 0 aliphatic heterocycles. The van der Waals surface area contributed by atoms with Crippen molar-refractivity contribution in [1.29, 1.82) is 0 Å². The van der Waals surface area contributed by atoms with Gasteiger partial charge in [0.25, 0.3) is 6.43 Å². The summed E-state index contributed by atoms with van der Waals surface area (Å²) in [6, 6.07) is 0.258. The first-order valence-corrected chi connectivity index (χ1v) is 5.87. The van der Waals surface area contributed by atoms with Crippen LogP contribution in [0.15, 0.2) is 0 Å². The summed E-state index contributed by atoms with van der Waals surface area (Å²) in [7, 11) is 0. The molecule has 0 unspecified atom stereocenters. The number of halogens is 2. The summed E-state index contributed by atoms with van der Waals surface area (Å²) in [6.45, 7) is 0.170. The molecule has 1 rings (SSSR count). The average Bonchev–Trinajstić information content (AvgIpc) is 2.44. The Morgan fingerprint density at radius 1 is 1.13 bits per heavy atom. The molecule has 15 heavy (non-hydrogen) atoms. The third-order valence-corrected chi connectivity index (χ3v) is 3.10. The summed E-state index contributed by atoms with van der Waals surface area (Å²) in [5.41, 5.74) is 0. The Kier molecular flexibility index (Phi) is 6.10. The molecule has 0 bridgehead atoms. The second kappa shape index (κ2) is 7.12. The van der Waals surface area contributed by atoms with Crippen LogP contribution >= 0.6 is 0 Å². The van der Waals surface area contributed by atoms with E-state index in [9.17, 15) is 8.78 Å². The fraction of sp³-hybridized carbons (Fsp3) is 1.00. The molecule has 1 aliphatic carbocycles. The van der Waals surface area contributed by atoms with E-state index >= 15 is 0 Å². The summed E-state index contributed by atoms with van der Waals surface area (Å²) < 4.78 is 24.7. The Bertz CT molecular complexity index is 159. The van der Waals surface area contributed by atoms with Crippen LogP contribution < -0.4 is 0 Å². The standard InChI is InChI=1S/C11H21F2NO/c12-11(13)9-14(7-8-15)10-5-3-1-2-4-6-10/h10-11,15H,1-9H2. The molecule has 0 atom stereocenters. The van der Waals surface area contributed by atoms with Crippen molar-refractivity contribution in [3.05, 3.63) is 0 Å². The lowest BCUT2D eigenvalue weighted by atomic mass is 10.1. The van der Waals surface area contributed by atoms with Crippen LogP contribution in [0.5, 0.6) is 0 Å². The Morgan fingerprint density at radius 2 is 1.73 bits per heavy atom. The zero-order valence-corrected chi connectivity index (χ0v) is 9.17. The van der Waals surface area contributed by atoms with E-state index < -0.39 is 6.43 Å². The van der Waals surface area contributed by atoms with Crippen LogP contribution in [0.3, 0.4) is 0 Å². The monoisotopic (exact) mass is 221 g/mol. The smallest absolute Gasteiger partial charge is 0.251 e. The van der Waals surface area contributed by atoms with Gasteiger partial charge in [-0.3, -0.25) is 4.90 Å². The molecule has 2 nitrogen and oxygen atoms in total. The summed E-state index contributed by atoms with van der Waals surface area (Å²) >= 11 is 0. The van der Waals surface area contributed by atoms with E-state index in [-0.39, 0.29) is 19.2 Å². The van der Waals surface area contributed by atoms with Gasteiger partial charge in [0.15, 0.2) is 0 Å². The SMILES string of the molecule is OCCN(CC(F)F)C1CCCCCC1. The molecule has 1 fully saturated rings. The Labute approximate surface area is 90.3 Å². The number of aliphatic hydroxyl groups excluding tert-OH is 1. The molecular weight excluding hydrogens is 200 g/mol. The maximum Gasteiger partial charge on any atom is 0.251 e. The van der Waals surface area contributed by atoms with E-state index in [4.69, 9.17) is 5.11 Å². The zero-order chi connectivity index (χ0) is 11.1. The van der Waals surface area contributed by atoms with Gasteiger partial charge < -0.3 is 5.11 Å². The summed E-state index contributed by atoms with van der Waals surface area (Å²) in [5.74, 6) is 0. The van der Waals surface area contributed by atoms with Crippen LogP contribution in [-0.4, -0.2) is 42.2 Å². The van der Waals surface area contributed by atoms with E-state index in [1.807, 2.05) is 0 Å². The molecule has 90 valence electrons. The van der Waals surface area contributed by atoms with Gasteiger partial charge >= 0.3 is 0 Å². The van der Waals surface area contributed by atoms with E-state index in [1.165, 1.54) is 12.8 Å². The Balaban J connectivity index is 2.44. The number of hydrogen-bond acceptors (Lipinski definition) is 2. The van der Waals surface area contributed by atoms with Crippen LogP contribution in [0, 0.1) is 0 Å². The highest BCUT2D eigenvalue weighted by Crippen LogP contribution is 2.22. The number of hydrogen-bond donors (Lipinski definition) is 1. The second-order valence-electron chi connectivity index (χ2n) is 4.26. The zero-order valence-electron chi connectivity index (χ0n) is 9.17. The lowest BCUT2D eigenvalue weighted by Gasteiger charge is -2.30. The number of alkyl halides is 2. The van der Waals surface area contributed by atoms with Gasteiger partial charge in [0.2, 0.25) is 0 Å². The molecule has 0 saturated heterocycles. The quantitative estimate of drug-likeness (QED) is 0.720. The van der Waals surface area contributed by atoms with Crippen LogP contribution in [-0.2, 0) is 0 Å². The fourth-order valence-electron chi connectivity index (χ4n) is 2.35. The topological polar surface area (TPSA) is 23.5 Å². The van der Waals surface area contributed by atoms with Crippen molar-refractivity contribution < 1.29 is 13.9 Å². The van der Waals surface area contributed by atoms with Gasteiger partial charge in [0.05, 0.1) is 13.2 Å². The predicted molar refractivity (Wildman–Crippen MR) is 56.2 cm³/mol. The van der Waals surface area contributed by atoms with E-state index in [2.05, 4.69) is 0 Å². The summed E-state index contributed by atoms with van der Waals surface area (Å²) in [6.07, 6.45) is 4.43. The molecular formula is C11H21F2NO. The third kappa shape index (κ3) is 4.89. The molecule has 1 aliphatic rings. The lowest BCUT2D eigenvalue weighted by Crippen LogP contribution is -2.40. The maximum absolute atomic E-state index is 12.3. The van der Waals surface area contributed by atoms with Crippen molar-refractivity contribution in [2.75, 3.05) is 19.7 Å². The minimum Gasteiger partial charge on any atom is -0.395 e. The summed E-state index contributed by atoms with van der Waals surface area (Å²) in [4.78, 5) is 1.76. The van der Waals surface area contributed by atoms with Crippen LogP contribution in [0.25, 0.3) is 0 Å². The highest BCUT2D eigenvalue weighted by Gasteiger charge is 2.22. The van der Waals surface area contributed by atoms with Gasteiger partial charge in [-0.1, -0.05) is 25.7 Å². The second-order valence-corrected chi connectivity index (χ2v) is 4.26. The van der Waals surface area contributed by atoms with Crippen molar-refractivity contribution in [1.82, 2.24) is 4.90 Å². The molecule has 0 aromatic carbocycles. The highest BCUT2D eigenvalue weighted by atomic mass is 19.3. The van der Waals surface area contributed by atoms with Crippen LogP contribution in [0.1, 0.15) is 38.5 Å². The van der Waals surface area contributed by atoms with Crippen molar-refractivity contribution in [2.45, 2.75) is 51.0 Å². The van der Waals surface area contributed by atoms with E-state index in [0.717, 1.165) is 25.7 Å². The number of nitrogens with zero attached hydrogens (tertiary/aromatic N) is 1. The Morgan fingerprint density at radius 3 is 2.20 bits per heavy atom. The van der Waals surface area contributed by atoms with Gasteiger partial charge in [-0.2, -0.15) is 0 Å². The number of rotatable bonds is 5. The molecule has 1 N–H and O–H groups in total. The van der Waals surface area contributed by atoms with Crippen molar-refractivity contribution in [3.8, 4) is 0 Å².